The van der Waals surface area contributed by atoms with Crippen LogP contribution in [0.25, 0.3) is 0 Å². The lowest BCUT2D eigenvalue weighted by molar-refractivity contribution is 0.229. The summed E-state index contributed by atoms with van der Waals surface area (Å²) in [7, 11) is 0. The number of fused-ring (bicyclic) bond motifs is 1. The van der Waals surface area contributed by atoms with Crippen molar-refractivity contribution in [3.63, 3.8) is 0 Å². The van der Waals surface area contributed by atoms with Gasteiger partial charge in [-0.15, -0.1) is 0 Å². The van der Waals surface area contributed by atoms with Crippen molar-refractivity contribution in [1.82, 2.24) is 10.6 Å². The predicted octanol–water partition coefficient (Wildman–Crippen LogP) is 2.65. The van der Waals surface area contributed by atoms with E-state index in [-0.39, 0.29) is 17.6 Å². The number of carbonyl (C=O) groups is 1. The van der Waals surface area contributed by atoms with Crippen molar-refractivity contribution in [3.8, 4) is 5.75 Å². The Morgan fingerprint density at radius 2 is 2.15 bits per heavy atom. The summed E-state index contributed by atoms with van der Waals surface area (Å²) in [5.74, 6) is 1.000. The third-order valence-corrected chi connectivity index (χ3v) is 3.16. The van der Waals surface area contributed by atoms with Crippen LogP contribution in [0.2, 0.25) is 0 Å². The zero-order valence-electron chi connectivity index (χ0n) is 12.7. The first kappa shape index (κ1) is 14.7. The molecule has 1 atom stereocenters. The van der Waals surface area contributed by atoms with Crippen LogP contribution >= 0.6 is 0 Å². The zero-order chi connectivity index (χ0) is 14.8. The topological polar surface area (TPSA) is 50.4 Å². The van der Waals surface area contributed by atoms with E-state index in [0.29, 0.717) is 0 Å². The van der Waals surface area contributed by atoms with Crippen molar-refractivity contribution in [3.05, 3.63) is 29.3 Å². The average Bonchev–Trinajstić information content (AvgIpc) is 2.72. The van der Waals surface area contributed by atoms with Gasteiger partial charge in [0.2, 0.25) is 0 Å². The molecule has 0 bridgehead atoms. The van der Waals surface area contributed by atoms with Crippen LogP contribution in [0.15, 0.2) is 18.2 Å². The maximum atomic E-state index is 11.8. The van der Waals surface area contributed by atoms with E-state index >= 15 is 0 Å². The van der Waals surface area contributed by atoms with Gasteiger partial charge in [0.05, 0.1) is 6.61 Å². The molecule has 1 heterocycles. The summed E-state index contributed by atoms with van der Waals surface area (Å²) >= 11 is 0. The fraction of sp³-hybridized carbons (Fsp3) is 0.562. The van der Waals surface area contributed by atoms with Gasteiger partial charge >= 0.3 is 6.03 Å². The fourth-order valence-electron chi connectivity index (χ4n) is 2.37. The van der Waals surface area contributed by atoms with E-state index in [2.05, 4.69) is 22.8 Å². The molecule has 0 saturated heterocycles. The molecular formula is C16H24N2O2. The molecule has 110 valence electrons. The summed E-state index contributed by atoms with van der Waals surface area (Å²) in [4.78, 5) is 11.8. The second kappa shape index (κ2) is 5.73. The number of hydrogen-bond acceptors (Lipinski definition) is 2. The minimum Gasteiger partial charge on any atom is -0.493 e. The third kappa shape index (κ3) is 4.15. The molecule has 1 aromatic rings. The van der Waals surface area contributed by atoms with Crippen LogP contribution in [0, 0.1) is 0 Å². The van der Waals surface area contributed by atoms with Crippen LogP contribution < -0.4 is 15.4 Å². The highest BCUT2D eigenvalue weighted by Crippen LogP contribution is 2.26. The number of carbonyl (C=O) groups excluding carboxylic acids is 1. The van der Waals surface area contributed by atoms with E-state index in [9.17, 15) is 4.79 Å². The molecule has 0 aromatic heterocycles. The molecule has 0 aliphatic carbocycles. The lowest BCUT2D eigenvalue weighted by Gasteiger charge is -2.23. The van der Waals surface area contributed by atoms with E-state index in [4.69, 9.17) is 4.74 Å². The van der Waals surface area contributed by atoms with E-state index in [1.807, 2.05) is 33.8 Å². The first-order valence-electron chi connectivity index (χ1n) is 7.17. The van der Waals surface area contributed by atoms with Crippen molar-refractivity contribution in [2.45, 2.75) is 52.1 Å². The highest BCUT2D eigenvalue weighted by molar-refractivity contribution is 5.74. The Hall–Kier alpha value is -1.71. The number of rotatable bonds is 3. The third-order valence-electron chi connectivity index (χ3n) is 3.16. The summed E-state index contributed by atoms with van der Waals surface area (Å²) in [6, 6.07) is 6.26. The number of amides is 2. The van der Waals surface area contributed by atoms with Gasteiger partial charge in [0.15, 0.2) is 0 Å². The fourth-order valence-corrected chi connectivity index (χ4v) is 2.37. The quantitative estimate of drug-likeness (QED) is 0.891. The second-order valence-corrected chi connectivity index (χ2v) is 6.49. The van der Waals surface area contributed by atoms with Crippen molar-refractivity contribution < 1.29 is 9.53 Å². The molecule has 1 aliphatic heterocycles. The Bertz CT molecular complexity index is 492. The standard InChI is InChI=1S/C16H24N2O2/c1-11(17-15(19)18-16(2,3)4)9-12-5-6-14-13(10-12)7-8-20-14/h5-6,10-11H,7-9H2,1-4H3,(H2,17,18,19). The molecule has 0 fully saturated rings. The van der Waals surface area contributed by atoms with Crippen LogP contribution in [0.1, 0.15) is 38.8 Å². The first-order valence-corrected chi connectivity index (χ1v) is 7.17. The molecule has 1 unspecified atom stereocenters. The van der Waals surface area contributed by atoms with Gasteiger partial charge in [-0.1, -0.05) is 12.1 Å². The minimum absolute atomic E-state index is 0.0951. The van der Waals surface area contributed by atoms with Crippen molar-refractivity contribution in [2.24, 2.45) is 0 Å². The molecule has 1 aromatic carbocycles. The molecule has 0 saturated carbocycles. The average molecular weight is 276 g/mol. The number of urea groups is 1. The molecule has 2 rings (SSSR count). The largest absolute Gasteiger partial charge is 0.493 e. The Morgan fingerprint density at radius 3 is 2.85 bits per heavy atom. The van der Waals surface area contributed by atoms with Crippen LogP contribution in [-0.2, 0) is 12.8 Å². The molecule has 4 nitrogen and oxygen atoms in total. The monoisotopic (exact) mass is 276 g/mol. The smallest absolute Gasteiger partial charge is 0.315 e. The zero-order valence-corrected chi connectivity index (χ0v) is 12.7. The number of benzene rings is 1. The minimum atomic E-state index is -0.214. The Kier molecular flexibility index (Phi) is 4.21. The van der Waals surface area contributed by atoms with Gasteiger partial charge < -0.3 is 15.4 Å². The highest BCUT2D eigenvalue weighted by atomic mass is 16.5. The summed E-state index contributed by atoms with van der Waals surface area (Å²) in [5.41, 5.74) is 2.29. The van der Waals surface area contributed by atoms with Crippen molar-refractivity contribution in [1.29, 1.82) is 0 Å². The van der Waals surface area contributed by atoms with E-state index in [1.54, 1.807) is 0 Å². The molecule has 4 heteroatoms. The maximum absolute atomic E-state index is 11.8. The first-order chi connectivity index (χ1) is 9.33. The Labute approximate surface area is 120 Å². The van der Waals surface area contributed by atoms with Crippen LogP contribution in [-0.4, -0.2) is 24.2 Å². The molecule has 20 heavy (non-hydrogen) atoms. The lowest BCUT2D eigenvalue weighted by Crippen LogP contribution is -2.49. The van der Waals surface area contributed by atoms with Gasteiger partial charge in [-0.3, -0.25) is 0 Å². The van der Waals surface area contributed by atoms with Gasteiger partial charge in [0.25, 0.3) is 0 Å². The highest BCUT2D eigenvalue weighted by Gasteiger charge is 2.16. The van der Waals surface area contributed by atoms with Crippen LogP contribution in [0.5, 0.6) is 5.75 Å². The molecule has 2 amide bonds. The molecular weight excluding hydrogens is 252 g/mol. The summed E-state index contributed by atoms with van der Waals surface area (Å²) in [6.07, 6.45) is 1.81. The lowest BCUT2D eigenvalue weighted by atomic mass is 10.0. The SMILES string of the molecule is CC(Cc1ccc2c(c1)CCO2)NC(=O)NC(C)(C)C. The van der Waals surface area contributed by atoms with Gasteiger partial charge in [0.1, 0.15) is 5.75 Å². The number of nitrogens with one attached hydrogen (secondary N) is 2. The van der Waals surface area contributed by atoms with Crippen LogP contribution in [0.4, 0.5) is 4.79 Å². The van der Waals surface area contributed by atoms with Gasteiger partial charge in [-0.05, 0) is 51.3 Å². The summed E-state index contributed by atoms with van der Waals surface area (Å²) < 4.78 is 5.50. The Balaban J connectivity index is 1.88. The number of hydrogen-bond donors (Lipinski definition) is 2. The van der Waals surface area contributed by atoms with Gasteiger partial charge in [0, 0.05) is 18.0 Å². The summed E-state index contributed by atoms with van der Waals surface area (Å²) in [5, 5.41) is 5.88. The summed E-state index contributed by atoms with van der Waals surface area (Å²) in [6.45, 7) is 8.71. The van der Waals surface area contributed by atoms with E-state index in [1.165, 1.54) is 11.1 Å². The molecule has 2 N–H and O–H groups in total. The molecule has 0 spiro atoms. The van der Waals surface area contributed by atoms with Crippen molar-refractivity contribution >= 4 is 6.03 Å². The second-order valence-electron chi connectivity index (χ2n) is 6.49. The Morgan fingerprint density at radius 1 is 1.40 bits per heavy atom. The molecule has 1 aliphatic rings. The van der Waals surface area contributed by atoms with Gasteiger partial charge in [-0.25, -0.2) is 4.79 Å². The van der Waals surface area contributed by atoms with E-state index < -0.39 is 0 Å². The van der Waals surface area contributed by atoms with Crippen molar-refractivity contribution in [2.75, 3.05) is 6.61 Å². The number of ether oxygens (including phenoxy) is 1. The normalized spacial score (nSPS) is 15.2. The predicted molar refractivity (Wildman–Crippen MR) is 80.2 cm³/mol. The van der Waals surface area contributed by atoms with E-state index in [0.717, 1.165) is 25.2 Å². The molecule has 0 radical (unpaired) electrons. The maximum Gasteiger partial charge on any atom is 0.315 e. The van der Waals surface area contributed by atoms with Gasteiger partial charge in [-0.2, -0.15) is 0 Å². The van der Waals surface area contributed by atoms with Crippen LogP contribution in [0.3, 0.4) is 0 Å².